The second-order valence-corrected chi connectivity index (χ2v) is 13.4. The lowest BCUT2D eigenvalue weighted by Gasteiger charge is -2.30. The van der Waals surface area contributed by atoms with Crippen molar-refractivity contribution in [2.75, 3.05) is 23.1 Å². The summed E-state index contributed by atoms with van der Waals surface area (Å²) >= 11 is 12.6. The Bertz CT molecular complexity index is 1820. The first-order valence-electron chi connectivity index (χ1n) is 13.9. The number of carbonyl (C=O) groups is 1. The molecule has 1 atom stereocenters. The third kappa shape index (κ3) is 6.67. The number of nitrogens with one attached hydrogen (secondary N) is 2. The summed E-state index contributed by atoms with van der Waals surface area (Å²) in [7, 11) is -2.78. The van der Waals surface area contributed by atoms with Crippen molar-refractivity contribution in [1.82, 2.24) is 14.3 Å². The van der Waals surface area contributed by atoms with E-state index in [0.29, 0.717) is 23.0 Å². The van der Waals surface area contributed by atoms with Gasteiger partial charge in [-0.15, -0.1) is 0 Å². The molecule has 43 heavy (non-hydrogen) atoms. The quantitative estimate of drug-likeness (QED) is 0.243. The molecule has 1 aromatic heterocycles. The van der Waals surface area contributed by atoms with Crippen molar-refractivity contribution in [2.45, 2.75) is 38.1 Å². The molecule has 0 spiro atoms. The second kappa shape index (κ2) is 12.6. The third-order valence-corrected chi connectivity index (χ3v) is 9.98. The Balaban J connectivity index is 1.36. The fourth-order valence-corrected chi connectivity index (χ4v) is 7.28. The smallest absolute Gasteiger partial charge is 0.296 e. The van der Waals surface area contributed by atoms with E-state index in [-0.39, 0.29) is 21.3 Å². The summed E-state index contributed by atoms with van der Waals surface area (Å²) in [6, 6.07) is 18.8. The molecule has 4 aromatic rings. The van der Waals surface area contributed by atoms with Crippen molar-refractivity contribution in [3.05, 3.63) is 104 Å². The van der Waals surface area contributed by atoms with E-state index in [1.165, 1.54) is 23.6 Å². The molecule has 0 aliphatic carbocycles. The first-order chi connectivity index (χ1) is 20.4. The number of para-hydroxylation sites is 1. The summed E-state index contributed by atoms with van der Waals surface area (Å²) in [5, 5.41) is 2.41. The molecule has 226 valence electrons. The Hall–Kier alpha value is -3.57. The lowest BCUT2D eigenvalue weighted by Crippen LogP contribution is -2.33. The Kier molecular flexibility index (Phi) is 9.03. The van der Waals surface area contributed by atoms with Crippen LogP contribution in [0.1, 0.15) is 41.4 Å². The highest BCUT2D eigenvalue weighted by atomic mass is 35.5. The number of benzene rings is 3. The van der Waals surface area contributed by atoms with Crippen LogP contribution in [0.3, 0.4) is 0 Å². The fourth-order valence-electron chi connectivity index (χ4n) is 5.35. The number of nitrogens with zero attached hydrogens (tertiary/aromatic N) is 3. The SMILES string of the molecule is Cc1c(NS(=O)(=O)c2cc(C(=O)Nc3ccc(CN4CCCC(C)C4)cc3)cc(Cl)c2Cl)c(=O)n(-c2ccccc2)n1C. The highest BCUT2D eigenvalue weighted by Crippen LogP contribution is 2.33. The third-order valence-electron chi connectivity index (χ3n) is 7.70. The predicted octanol–water partition coefficient (Wildman–Crippen LogP) is 6.08. The summed E-state index contributed by atoms with van der Waals surface area (Å²) < 4.78 is 32.4. The van der Waals surface area contributed by atoms with Crippen molar-refractivity contribution >= 4 is 50.5 Å². The number of carbonyl (C=O) groups excluding carboxylic acids is 1. The number of rotatable bonds is 8. The van der Waals surface area contributed by atoms with Gasteiger partial charge in [0.15, 0.2) is 0 Å². The molecule has 1 saturated heterocycles. The molecule has 1 fully saturated rings. The zero-order valence-corrected chi connectivity index (χ0v) is 26.4. The number of likely N-dealkylation sites (tertiary alicyclic amines) is 1. The summed E-state index contributed by atoms with van der Waals surface area (Å²) in [6.45, 7) is 6.88. The van der Waals surface area contributed by atoms with Gasteiger partial charge < -0.3 is 5.32 Å². The molecule has 0 bridgehead atoms. The molecule has 0 saturated carbocycles. The van der Waals surface area contributed by atoms with Crippen molar-refractivity contribution in [3.8, 4) is 5.69 Å². The van der Waals surface area contributed by atoms with E-state index in [1.807, 2.05) is 30.3 Å². The van der Waals surface area contributed by atoms with E-state index >= 15 is 0 Å². The minimum Gasteiger partial charge on any atom is -0.322 e. The molecule has 9 nitrogen and oxygen atoms in total. The average molecular weight is 643 g/mol. The minimum atomic E-state index is -4.43. The van der Waals surface area contributed by atoms with E-state index < -0.39 is 26.4 Å². The maximum Gasteiger partial charge on any atom is 0.296 e. The van der Waals surface area contributed by atoms with Gasteiger partial charge in [-0.1, -0.05) is 60.5 Å². The fraction of sp³-hybridized carbons (Fsp3) is 0.290. The largest absolute Gasteiger partial charge is 0.322 e. The van der Waals surface area contributed by atoms with Crippen LogP contribution in [0.5, 0.6) is 0 Å². The predicted molar refractivity (Wildman–Crippen MR) is 171 cm³/mol. The minimum absolute atomic E-state index is 0.00682. The zero-order valence-electron chi connectivity index (χ0n) is 24.1. The molecule has 1 aliphatic rings. The molecule has 2 N–H and O–H groups in total. The van der Waals surface area contributed by atoms with E-state index in [4.69, 9.17) is 23.2 Å². The van der Waals surface area contributed by atoms with Gasteiger partial charge in [0, 0.05) is 31.4 Å². The maximum atomic E-state index is 13.5. The van der Waals surface area contributed by atoms with E-state index in [0.717, 1.165) is 31.3 Å². The molecule has 1 unspecified atom stereocenters. The number of hydrogen-bond acceptors (Lipinski definition) is 5. The van der Waals surface area contributed by atoms with Gasteiger partial charge in [-0.25, -0.2) is 13.1 Å². The van der Waals surface area contributed by atoms with Gasteiger partial charge in [0.1, 0.15) is 10.6 Å². The van der Waals surface area contributed by atoms with Gasteiger partial charge >= 0.3 is 0 Å². The van der Waals surface area contributed by atoms with E-state index in [2.05, 4.69) is 21.9 Å². The van der Waals surface area contributed by atoms with E-state index in [9.17, 15) is 18.0 Å². The second-order valence-electron chi connectivity index (χ2n) is 10.9. The first-order valence-corrected chi connectivity index (χ1v) is 16.2. The Labute approximate surface area is 261 Å². The number of aromatic nitrogens is 2. The zero-order chi connectivity index (χ0) is 30.9. The van der Waals surface area contributed by atoms with Crippen LogP contribution in [0.25, 0.3) is 5.69 Å². The lowest BCUT2D eigenvalue weighted by atomic mass is 10.00. The highest BCUT2D eigenvalue weighted by molar-refractivity contribution is 7.92. The molecule has 1 amide bonds. The van der Waals surface area contributed by atoms with Gasteiger partial charge in [-0.05, 0) is 74.2 Å². The van der Waals surface area contributed by atoms with Gasteiger partial charge in [-0.3, -0.25) is 23.9 Å². The molecule has 1 aliphatic heterocycles. The van der Waals surface area contributed by atoms with E-state index in [1.54, 1.807) is 42.9 Å². The molecule has 2 heterocycles. The Morgan fingerprint density at radius 3 is 2.42 bits per heavy atom. The monoisotopic (exact) mass is 641 g/mol. The van der Waals surface area contributed by atoms with Crippen molar-refractivity contribution in [3.63, 3.8) is 0 Å². The van der Waals surface area contributed by atoms with Crippen LogP contribution in [0.2, 0.25) is 10.0 Å². The maximum absolute atomic E-state index is 13.5. The molecule has 12 heteroatoms. The number of anilines is 2. The van der Waals surface area contributed by atoms with Crippen LogP contribution >= 0.6 is 23.2 Å². The number of amides is 1. The van der Waals surface area contributed by atoms with Crippen LogP contribution in [-0.2, 0) is 23.6 Å². The summed E-state index contributed by atoms with van der Waals surface area (Å²) in [4.78, 5) is 28.5. The van der Waals surface area contributed by atoms with Gasteiger partial charge in [0.25, 0.3) is 21.5 Å². The van der Waals surface area contributed by atoms with Crippen molar-refractivity contribution in [1.29, 1.82) is 0 Å². The molecule has 3 aromatic carbocycles. The van der Waals surface area contributed by atoms with Crippen LogP contribution in [-0.4, -0.2) is 41.7 Å². The summed E-state index contributed by atoms with van der Waals surface area (Å²) in [5.74, 6) is 0.127. The molecule has 0 radical (unpaired) electrons. The van der Waals surface area contributed by atoms with Crippen molar-refractivity contribution in [2.24, 2.45) is 13.0 Å². The normalized spacial score (nSPS) is 15.8. The highest BCUT2D eigenvalue weighted by Gasteiger charge is 2.27. The van der Waals surface area contributed by atoms with Crippen LogP contribution in [0.15, 0.2) is 76.4 Å². The number of piperidine rings is 1. The van der Waals surface area contributed by atoms with Gasteiger partial charge in [0.2, 0.25) is 0 Å². The standard InChI is InChI=1S/C31H33Cl2N5O4S/c1-20-8-7-15-37(18-20)19-22-11-13-24(14-12-22)34-30(39)23-16-26(32)28(33)27(17-23)43(41,42)35-29-21(2)36(3)38(31(29)40)25-9-5-4-6-10-25/h4-6,9-14,16-17,20,35H,7-8,15,18-19H2,1-3H3,(H,34,39). The van der Waals surface area contributed by atoms with Crippen LogP contribution in [0, 0.1) is 12.8 Å². The van der Waals surface area contributed by atoms with Crippen LogP contribution in [0.4, 0.5) is 11.4 Å². The number of hydrogen-bond donors (Lipinski definition) is 2. The summed E-state index contributed by atoms with van der Waals surface area (Å²) in [6.07, 6.45) is 2.46. The number of sulfonamides is 1. The Morgan fingerprint density at radius 1 is 1.05 bits per heavy atom. The lowest BCUT2D eigenvalue weighted by molar-refractivity contribution is 0.102. The van der Waals surface area contributed by atoms with Crippen molar-refractivity contribution < 1.29 is 13.2 Å². The van der Waals surface area contributed by atoms with Gasteiger partial charge in [0.05, 0.1) is 21.4 Å². The number of halogens is 2. The average Bonchev–Trinajstić information content (AvgIpc) is 3.18. The summed E-state index contributed by atoms with van der Waals surface area (Å²) in [5.41, 5.74) is 1.92. The Morgan fingerprint density at radius 2 is 1.74 bits per heavy atom. The first kappa shape index (κ1) is 30.9. The van der Waals surface area contributed by atoms with Crippen LogP contribution < -0.4 is 15.6 Å². The molecular formula is C31H33Cl2N5O4S. The molecular weight excluding hydrogens is 609 g/mol. The topological polar surface area (TPSA) is 105 Å². The molecule has 5 rings (SSSR count). The van der Waals surface area contributed by atoms with Gasteiger partial charge in [-0.2, -0.15) is 0 Å².